The Kier molecular flexibility index (Phi) is 7.00. The van der Waals surface area contributed by atoms with Crippen LogP contribution in [0.5, 0.6) is 0 Å². The number of halogens is 2. The van der Waals surface area contributed by atoms with Crippen LogP contribution in [0, 0.1) is 0 Å². The summed E-state index contributed by atoms with van der Waals surface area (Å²) in [7, 11) is 0. The summed E-state index contributed by atoms with van der Waals surface area (Å²) < 4.78 is 14.7. The summed E-state index contributed by atoms with van der Waals surface area (Å²) in [6.45, 7) is 1.83. The molecule has 12 heteroatoms. The summed E-state index contributed by atoms with van der Waals surface area (Å²) in [6, 6.07) is 11.0. The summed E-state index contributed by atoms with van der Waals surface area (Å²) in [5.41, 5.74) is 0.0716. The van der Waals surface area contributed by atoms with Crippen molar-refractivity contribution in [2.45, 2.75) is 21.2 Å². The number of aliphatic hydroxyl groups is 1. The van der Waals surface area contributed by atoms with Gasteiger partial charge in [-0.15, -0.1) is 22.7 Å². The number of hydrogen-bond acceptors (Lipinski definition) is 10. The van der Waals surface area contributed by atoms with Crippen molar-refractivity contribution >= 4 is 95.8 Å². The second kappa shape index (κ2) is 9.85. The van der Waals surface area contributed by atoms with Gasteiger partial charge < -0.3 is 14.6 Å². The first-order valence-corrected chi connectivity index (χ1v) is 14.2. The summed E-state index contributed by atoms with van der Waals surface area (Å²) in [5, 5.41) is 11.9. The van der Waals surface area contributed by atoms with E-state index in [0.717, 1.165) is 24.8 Å². The zero-order chi connectivity index (χ0) is 23.9. The maximum atomic E-state index is 13.2. The van der Waals surface area contributed by atoms with E-state index in [0.29, 0.717) is 19.3 Å². The molecule has 1 atom stereocenters. The molecule has 0 bridgehead atoms. The molecule has 1 unspecified atom stereocenters. The number of carbonyl (C=O) groups is 1. The summed E-state index contributed by atoms with van der Waals surface area (Å²) in [5.74, 6) is -0.378. The van der Waals surface area contributed by atoms with E-state index >= 15 is 0 Å². The van der Waals surface area contributed by atoms with E-state index in [-0.39, 0.29) is 24.7 Å². The van der Waals surface area contributed by atoms with Gasteiger partial charge in [-0.25, -0.2) is 14.8 Å². The van der Waals surface area contributed by atoms with Gasteiger partial charge >= 0.3 is 5.97 Å². The standard InChI is InChI=1S/C22H16Cl2N2O4S4/c1-2-29-19(28)22(10-31-20-25-13-7-11(23)3-5-16(13)32-20)18(15(27)9-30-22)34-21-26-14-8-12(24)4-6-17(14)33-21/h3-8,27H,2,9-10H2,1H3. The molecule has 0 fully saturated rings. The van der Waals surface area contributed by atoms with Crippen LogP contribution >= 0.6 is 69.4 Å². The predicted molar refractivity (Wildman–Crippen MR) is 141 cm³/mol. The van der Waals surface area contributed by atoms with Crippen molar-refractivity contribution in [3.05, 3.63) is 57.1 Å². The molecule has 2 aromatic carbocycles. The van der Waals surface area contributed by atoms with E-state index in [4.69, 9.17) is 32.7 Å². The van der Waals surface area contributed by atoms with Crippen molar-refractivity contribution in [3.63, 3.8) is 0 Å². The number of carbonyl (C=O) groups excluding carboxylic acids is 1. The zero-order valence-electron chi connectivity index (χ0n) is 17.5. The minimum absolute atomic E-state index is 0.00739. The number of hydrogen-bond donors (Lipinski definition) is 1. The molecule has 0 radical (unpaired) electrons. The van der Waals surface area contributed by atoms with Crippen molar-refractivity contribution < 1.29 is 19.4 Å². The Bertz CT molecular complexity index is 1440. The number of aromatic nitrogens is 2. The lowest BCUT2D eigenvalue weighted by atomic mass is 10.1. The average Bonchev–Trinajstić information content (AvgIpc) is 3.48. The van der Waals surface area contributed by atoms with Crippen molar-refractivity contribution in [2.24, 2.45) is 0 Å². The van der Waals surface area contributed by atoms with Crippen molar-refractivity contribution in [3.8, 4) is 0 Å². The normalized spacial score (nSPS) is 18.3. The van der Waals surface area contributed by atoms with Gasteiger partial charge in [-0.1, -0.05) is 46.7 Å². The molecule has 1 aliphatic heterocycles. The van der Waals surface area contributed by atoms with Gasteiger partial charge in [0.25, 0.3) is 0 Å². The number of aliphatic hydroxyl groups excluding tert-OH is 1. The van der Waals surface area contributed by atoms with E-state index in [2.05, 4.69) is 9.97 Å². The molecular formula is C22H16Cl2N2O4S4. The highest BCUT2D eigenvalue weighted by atomic mass is 35.5. The number of fused-ring (bicyclic) bond motifs is 2. The van der Waals surface area contributed by atoms with Crippen molar-refractivity contribution in [2.75, 3.05) is 19.0 Å². The fraction of sp³-hybridized carbons (Fsp3) is 0.227. The van der Waals surface area contributed by atoms with Gasteiger partial charge in [0, 0.05) is 15.8 Å². The SMILES string of the molecule is CCOC(=O)C1(CSc2nc3cc(Cl)ccc3s2)OCC(O)=C1Sc1nc2cc(Cl)ccc2s1. The minimum Gasteiger partial charge on any atom is -0.509 e. The third kappa shape index (κ3) is 4.65. The maximum absolute atomic E-state index is 13.2. The first-order valence-electron chi connectivity index (χ1n) is 10.0. The Morgan fingerprint density at radius 2 is 1.74 bits per heavy atom. The van der Waals surface area contributed by atoms with Crippen LogP contribution in [-0.4, -0.2) is 45.6 Å². The van der Waals surface area contributed by atoms with E-state index in [1.165, 1.54) is 46.2 Å². The van der Waals surface area contributed by atoms with E-state index < -0.39 is 11.6 Å². The van der Waals surface area contributed by atoms with Gasteiger partial charge in [-0.05, 0) is 43.3 Å². The topological polar surface area (TPSA) is 81.5 Å². The molecule has 3 heterocycles. The molecule has 1 aliphatic rings. The van der Waals surface area contributed by atoms with Crippen LogP contribution < -0.4 is 0 Å². The molecular weight excluding hydrogens is 555 g/mol. The van der Waals surface area contributed by atoms with Gasteiger partial charge in [0.15, 0.2) is 8.68 Å². The number of nitrogens with zero attached hydrogens (tertiary/aromatic N) is 2. The van der Waals surface area contributed by atoms with E-state index in [1.54, 1.807) is 25.1 Å². The molecule has 0 aliphatic carbocycles. The quantitative estimate of drug-likeness (QED) is 0.184. The second-order valence-electron chi connectivity index (χ2n) is 7.19. The number of thioether (sulfide) groups is 2. The molecule has 4 aromatic rings. The number of thiazole rings is 2. The third-order valence-electron chi connectivity index (χ3n) is 4.94. The summed E-state index contributed by atoms with van der Waals surface area (Å²) in [4.78, 5) is 22.8. The van der Waals surface area contributed by atoms with Gasteiger partial charge in [0.2, 0.25) is 5.60 Å². The van der Waals surface area contributed by atoms with Gasteiger partial charge in [-0.3, -0.25) is 0 Å². The fourth-order valence-corrected chi connectivity index (χ4v) is 8.23. The molecule has 34 heavy (non-hydrogen) atoms. The van der Waals surface area contributed by atoms with Crippen LogP contribution in [0.25, 0.3) is 20.4 Å². The molecule has 0 saturated heterocycles. The molecule has 0 spiro atoms. The van der Waals surface area contributed by atoms with Gasteiger partial charge in [0.05, 0.1) is 31.9 Å². The lowest BCUT2D eigenvalue weighted by Gasteiger charge is -2.27. The zero-order valence-corrected chi connectivity index (χ0v) is 22.3. The molecule has 1 N–H and O–H groups in total. The molecule has 176 valence electrons. The summed E-state index contributed by atoms with van der Waals surface area (Å²) >= 11 is 17.7. The van der Waals surface area contributed by atoms with Crippen LogP contribution in [0.3, 0.4) is 0 Å². The maximum Gasteiger partial charge on any atom is 0.344 e. The smallest absolute Gasteiger partial charge is 0.344 e. The van der Waals surface area contributed by atoms with Crippen LogP contribution in [0.4, 0.5) is 0 Å². The first kappa shape index (κ1) is 24.2. The minimum atomic E-state index is -1.47. The monoisotopic (exact) mass is 570 g/mol. The fourth-order valence-electron chi connectivity index (χ4n) is 3.38. The average molecular weight is 572 g/mol. The van der Waals surface area contributed by atoms with Crippen molar-refractivity contribution in [1.29, 1.82) is 0 Å². The molecule has 0 amide bonds. The van der Waals surface area contributed by atoms with Crippen LogP contribution in [0.15, 0.2) is 55.7 Å². The molecule has 6 nitrogen and oxygen atoms in total. The number of benzene rings is 2. The van der Waals surface area contributed by atoms with Gasteiger partial charge in [-0.2, -0.15) is 0 Å². The number of rotatable bonds is 7. The third-order valence-corrected chi connectivity index (χ3v) is 10.1. The highest BCUT2D eigenvalue weighted by molar-refractivity contribution is 8.05. The van der Waals surface area contributed by atoms with Crippen LogP contribution in [0.1, 0.15) is 6.92 Å². The lowest BCUT2D eigenvalue weighted by molar-refractivity contribution is -0.161. The Hall–Kier alpha value is -1.53. The van der Waals surface area contributed by atoms with Crippen LogP contribution in [-0.2, 0) is 14.3 Å². The summed E-state index contributed by atoms with van der Waals surface area (Å²) in [6.07, 6.45) is 0. The Morgan fingerprint density at radius 3 is 2.38 bits per heavy atom. The first-order chi connectivity index (χ1) is 16.4. The molecule has 5 rings (SSSR count). The van der Waals surface area contributed by atoms with Crippen molar-refractivity contribution in [1.82, 2.24) is 9.97 Å². The number of ether oxygens (including phenoxy) is 2. The highest BCUT2D eigenvalue weighted by Gasteiger charge is 2.52. The largest absolute Gasteiger partial charge is 0.509 e. The number of esters is 1. The van der Waals surface area contributed by atoms with Gasteiger partial charge in [0.1, 0.15) is 12.4 Å². The lowest BCUT2D eigenvalue weighted by Crippen LogP contribution is -2.44. The molecule has 0 saturated carbocycles. The van der Waals surface area contributed by atoms with E-state index in [1.807, 2.05) is 18.2 Å². The highest BCUT2D eigenvalue weighted by Crippen LogP contribution is 2.48. The Labute approximate surface area is 221 Å². The Balaban J connectivity index is 1.46. The predicted octanol–water partition coefficient (Wildman–Crippen LogP) is 7.20. The Morgan fingerprint density at radius 1 is 1.12 bits per heavy atom. The van der Waals surface area contributed by atoms with E-state index in [9.17, 15) is 9.90 Å². The second-order valence-corrected chi connectivity index (χ2v) is 12.6. The van der Waals surface area contributed by atoms with Crippen LogP contribution in [0.2, 0.25) is 10.0 Å². The molecule has 2 aromatic heterocycles.